The average Bonchev–Trinajstić information content (AvgIpc) is 2.58. The first-order valence-electron chi connectivity index (χ1n) is 6.80. The zero-order chi connectivity index (χ0) is 17.7. The number of aromatic nitrogens is 1. The second-order valence-electron chi connectivity index (χ2n) is 4.79. The van der Waals surface area contributed by atoms with E-state index in [2.05, 4.69) is 15.0 Å². The van der Waals surface area contributed by atoms with Crippen molar-refractivity contribution in [3.8, 4) is 0 Å². The molecule has 1 amide bonds. The monoisotopic (exact) mass is 338 g/mol. The molecule has 2 aromatic rings. The van der Waals surface area contributed by atoms with E-state index >= 15 is 0 Å². The molecule has 5 nitrogen and oxygen atoms in total. The van der Waals surface area contributed by atoms with E-state index < -0.39 is 23.6 Å². The van der Waals surface area contributed by atoms with E-state index in [9.17, 15) is 22.8 Å². The predicted octanol–water partition coefficient (Wildman–Crippen LogP) is 2.82. The van der Waals surface area contributed by atoms with Crippen LogP contribution in [0.3, 0.4) is 0 Å². The number of nitrogens with one attached hydrogen (secondary N) is 1. The lowest BCUT2D eigenvalue weighted by molar-refractivity contribution is -0.137. The lowest BCUT2D eigenvalue weighted by Crippen LogP contribution is -2.23. The minimum Gasteiger partial charge on any atom is -0.465 e. The summed E-state index contributed by atoms with van der Waals surface area (Å²) < 4.78 is 42.0. The largest absolute Gasteiger partial charge is 0.465 e. The first-order chi connectivity index (χ1) is 11.3. The van der Waals surface area contributed by atoms with Crippen molar-refractivity contribution in [2.24, 2.45) is 0 Å². The smallest absolute Gasteiger partial charge is 0.416 e. The van der Waals surface area contributed by atoms with Gasteiger partial charge in [-0.1, -0.05) is 0 Å². The van der Waals surface area contributed by atoms with Crippen molar-refractivity contribution < 1.29 is 27.5 Å². The van der Waals surface area contributed by atoms with Gasteiger partial charge in [0.05, 0.1) is 30.5 Å². The molecule has 0 radical (unpaired) electrons. The van der Waals surface area contributed by atoms with Gasteiger partial charge >= 0.3 is 12.1 Å². The first-order valence-corrected chi connectivity index (χ1v) is 6.80. The fraction of sp³-hybridized carbons (Fsp3) is 0.188. The summed E-state index contributed by atoms with van der Waals surface area (Å²) in [5.41, 5.74) is -0.0388. The molecular formula is C16H13F3N2O3. The van der Waals surface area contributed by atoms with Gasteiger partial charge in [-0.3, -0.25) is 9.78 Å². The third-order valence-electron chi connectivity index (χ3n) is 3.14. The van der Waals surface area contributed by atoms with E-state index in [4.69, 9.17) is 0 Å². The molecule has 24 heavy (non-hydrogen) atoms. The number of methoxy groups -OCH3 is 1. The van der Waals surface area contributed by atoms with E-state index in [1.807, 2.05) is 0 Å². The van der Waals surface area contributed by atoms with Crippen molar-refractivity contribution >= 4 is 11.9 Å². The maximum absolute atomic E-state index is 12.5. The highest BCUT2D eigenvalue weighted by molar-refractivity contribution is 5.94. The number of carbonyl (C=O) groups excluding carboxylic acids is 2. The number of ether oxygens (including phenoxy) is 1. The lowest BCUT2D eigenvalue weighted by Gasteiger charge is -2.08. The molecular weight excluding hydrogens is 325 g/mol. The standard InChI is InChI=1S/C16H13F3N2O3/c1-24-15(23)11-6-7-20-13(8-11)9-21-14(22)10-2-4-12(5-3-10)16(17,18)19/h2-8H,9H2,1H3,(H,21,22). The number of alkyl halides is 3. The van der Waals surface area contributed by atoms with Crippen molar-refractivity contribution in [1.29, 1.82) is 0 Å². The van der Waals surface area contributed by atoms with Crippen LogP contribution in [0.4, 0.5) is 13.2 Å². The number of pyridine rings is 1. The van der Waals surface area contributed by atoms with Crippen molar-refractivity contribution in [2.45, 2.75) is 12.7 Å². The molecule has 1 aromatic heterocycles. The summed E-state index contributed by atoms with van der Waals surface area (Å²) in [5, 5.41) is 2.52. The van der Waals surface area contributed by atoms with Gasteiger partial charge in [0.15, 0.2) is 0 Å². The Labute approximate surface area is 135 Å². The molecule has 2 rings (SSSR count). The molecule has 1 heterocycles. The van der Waals surface area contributed by atoms with Crippen LogP contribution in [0.2, 0.25) is 0 Å². The maximum atomic E-state index is 12.5. The van der Waals surface area contributed by atoms with Crippen molar-refractivity contribution in [3.05, 3.63) is 65.0 Å². The van der Waals surface area contributed by atoms with Gasteiger partial charge < -0.3 is 10.1 Å². The van der Waals surface area contributed by atoms with E-state index in [1.54, 1.807) is 0 Å². The summed E-state index contributed by atoms with van der Waals surface area (Å²) in [6, 6.07) is 6.79. The molecule has 0 atom stereocenters. The Kier molecular flexibility index (Phi) is 5.18. The highest BCUT2D eigenvalue weighted by Gasteiger charge is 2.30. The highest BCUT2D eigenvalue weighted by atomic mass is 19.4. The summed E-state index contributed by atoms with van der Waals surface area (Å²) in [7, 11) is 1.24. The number of rotatable bonds is 4. The van der Waals surface area contributed by atoms with E-state index in [0.29, 0.717) is 5.69 Å². The normalized spacial score (nSPS) is 11.0. The van der Waals surface area contributed by atoms with Gasteiger partial charge in [0, 0.05) is 11.8 Å². The molecule has 0 unspecified atom stereocenters. The molecule has 0 aliphatic heterocycles. The number of esters is 1. The zero-order valence-corrected chi connectivity index (χ0v) is 12.6. The van der Waals surface area contributed by atoms with E-state index in [0.717, 1.165) is 24.3 Å². The number of hydrogen-bond acceptors (Lipinski definition) is 4. The number of amides is 1. The number of carbonyl (C=O) groups is 2. The molecule has 0 saturated carbocycles. The molecule has 1 aromatic carbocycles. The number of hydrogen-bond donors (Lipinski definition) is 1. The van der Waals surface area contributed by atoms with Crippen LogP contribution in [0, 0.1) is 0 Å². The maximum Gasteiger partial charge on any atom is 0.416 e. The summed E-state index contributed by atoms with van der Waals surface area (Å²) >= 11 is 0. The van der Waals surface area contributed by atoms with Gasteiger partial charge in [-0.25, -0.2) is 4.79 Å². The Morgan fingerprint density at radius 2 is 1.79 bits per heavy atom. The molecule has 0 bridgehead atoms. The molecule has 0 spiro atoms. The molecule has 1 N–H and O–H groups in total. The van der Waals surface area contributed by atoms with Crippen molar-refractivity contribution in [1.82, 2.24) is 10.3 Å². The summed E-state index contributed by atoms with van der Waals surface area (Å²) in [5.74, 6) is -1.08. The molecule has 8 heteroatoms. The van der Waals surface area contributed by atoms with Crippen LogP contribution in [0.1, 0.15) is 32.0 Å². The molecule has 0 saturated heterocycles. The third-order valence-corrected chi connectivity index (χ3v) is 3.14. The van der Waals surface area contributed by atoms with Crippen LogP contribution in [-0.4, -0.2) is 24.0 Å². The van der Waals surface area contributed by atoms with Crippen LogP contribution in [0.25, 0.3) is 0 Å². The van der Waals surface area contributed by atoms with E-state index in [-0.39, 0.29) is 17.7 Å². The minimum absolute atomic E-state index is 0.0185. The second kappa shape index (κ2) is 7.12. The van der Waals surface area contributed by atoms with Crippen LogP contribution in [-0.2, 0) is 17.5 Å². The van der Waals surface area contributed by atoms with Crippen LogP contribution in [0.15, 0.2) is 42.6 Å². The van der Waals surface area contributed by atoms with Crippen LogP contribution >= 0.6 is 0 Å². The van der Waals surface area contributed by atoms with Crippen molar-refractivity contribution in [2.75, 3.05) is 7.11 Å². The Hall–Kier alpha value is -2.90. The SMILES string of the molecule is COC(=O)c1ccnc(CNC(=O)c2ccc(C(F)(F)F)cc2)c1. The predicted molar refractivity (Wildman–Crippen MR) is 78.2 cm³/mol. The van der Waals surface area contributed by atoms with Gasteiger partial charge in [-0.05, 0) is 36.4 Å². The summed E-state index contributed by atoms with van der Waals surface area (Å²) in [6.45, 7) is 0.0185. The zero-order valence-electron chi connectivity index (χ0n) is 12.6. The fourth-order valence-corrected chi connectivity index (χ4v) is 1.90. The first kappa shape index (κ1) is 17.5. The van der Waals surface area contributed by atoms with Crippen LogP contribution < -0.4 is 5.32 Å². The van der Waals surface area contributed by atoms with Gasteiger partial charge in [0.2, 0.25) is 0 Å². The Morgan fingerprint density at radius 3 is 2.38 bits per heavy atom. The Bertz CT molecular complexity index is 743. The topological polar surface area (TPSA) is 68.3 Å². The number of nitrogens with zero attached hydrogens (tertiary/aromatic N) is 1. The highest BCUT2D eigenvalue weighted by Crippen LogP contribution is 2.29. The average molecular weight is 338 g/mol. The summed E-state index contributed by atoms with van der Waals surface area (Å²) in [4.78, 5) is 27.3. The van der Waals surface area contributed by atoms with Gasteiger partial charge in [-0.15, -0.1) is 0 Å². The van der Waals surface area contributed by atoms with Gasteiger partial charge in [-0.2, -0.15) is 13.2 Å². The minimum atomic E-state index is -4.45. The number of benzene rings is 1. The molecule has 126 valence electrons. The quantitative estimate of drug-likeness (QED) is 0.871. The molecule has 0 aliphatic carbocycles. The molecule has 0 fully saturated rings. The Balaban J connectivity index is 2.02. The second-order valence-corrected chi connectivity index (χ2v) is 4.79. The Morgan fingerprint density at radius 1 is 1.12 bits per heavy atom. The summed E-state index contributed by atoms with van der Waals surface area (Å²) in [6.07, 6.45) is -3.06. The van der Waals surface area contributed by atoms with Gasteiger partial charge in [0.25, 0.3) is 5.91 Å². The fourth-order valence-electron chi connectivity index (χ4n) is 1.90. The lowest BCUT2D eigenvalue weighted by atomic mass is 10.1. The van der Waals surface area contributed by atoms with Gasteiger partial charge in [0.1, 0.15) is 0 Å². The molecule has 0 aliphatic rings. The third kappa shape index (κ3) is 4.31. The van der Waals surface area contributed by atoms with Crippen molar-refractivity contribution in [3.63, 3.8) is 0 Å². The van der Waals surface area contributed by atoms with E-state index in [1.165, 1.54) is 25.4 Å². The number of halogens is 3. The van der Waals surface area contributed by atoms with Crippen LogP contribution in [0.5, 0.6) is 0 Å².